The van der Waals surface area contributed by atoms with Crippen LogP contribution < -0.4 is 5.32 Å². The van der Waals surface area contributed by atoms with Gasteiger partial charge in [0.2, 0.25) is 5.91 Å². The van der Waals surface area contributed by atoms with E-state index in [4.69, 9.17) is 5.11 Å². The van der Waals surface area contributed by atoms with E-state index in [0.717, 1.165) is 11.3 Å². The summed E-state index contributed by atoms with van der Waals surface area (Å²) in [7, 11) is 0. The van der Waals surface area contributed by atoms with Crippen LogP contribution in [0, 0.1) is 0 Å². The Morgan fingerprint density at radius 1 is 1.22 bits per heavy atom. The lowest BCUT2D eigenvalue weighted by molar-refractivity contribution is -0.138. The number of amides is 1. The number of carboxylic acids is 1. The second kappa shape index (κ2) is 6.39. The fourth-order valence-electron chi connectivity index (χ4n) is 2.34. The first-order valence-electron chi connectivity index (χ1n) is 7.25. The van der Waals surface area contributed by atoms with Crippen LogP contribution >= 0.6 is 0 Å². The molecule has 3 rings (SSSR count). The number of nitrogens with zero attached hydrogens (tertiary/aromatic N) is 2. The zero-order valence-electron chi connectivity index (χ0n) is 12.3. The van der Waals surface area contributed by atoms with Gasteiger partial charge in [0, 0.05) is 17.7 Å². The minimum absolute atomic E-state index is 0.0381. The van der Waals surface area contributed by atoms with Gasteiger partial charge in [-0.1, -0.05) is 30.4 Å². The highest BCUT2D eigenvalue weighted by atomic mass is 16.4. The van der Waals surface area contributed by atoms with Crippen molar-refractivity contribution in [3.05, 3.63) is 54.1 Å². The average molecular weight is 309 g/mol. The molecule has 116 valence electrons. The van der Waals surface area contributed by atoms with Gasteiger partial charge >= 0.3 is 5.97 Å². The van der Waals surface area contributed by atoms with Crippen molar-refractivity contribution < 1.29 is 14.7 Å². The highest BCUT2D eigenvalue weighted by molar-refractivity contribution is 6.18. The lowest BCUT2D eigenvalue weighted by Gasteiger charge is -2.06. The van der Waals surface area contributed by atoms with Gasteiger partial charge in [-0.05, 0) is 18.2 Å². The third-order valence-electron chi connectivity index (χ3n) is 3.44. The number of amidine groups is 1. The Labute approximate surface area is 133 Å². The van der Waals surface area contributed by atoms with E-state index in [1.54, 1.807) is 18.2 Å². The van der Waals surface area contributed by atoms with Crippen LogP contribution in [0.4, 0.5) is 5.69 Å². The molecule has 1 aromatic rings. The number of carbonyl (C=O) groups excluding carboxylic acids is 1. The molecule has 2 N–H and O–H groups in total. The van der Waals surface area contributed by atoms with Crippen LogP contribution in [0.2, 0.25) is 0 Å². The zero-order chi connectivity index (χ0) is 16.2. The average Bonchev–Trinajstić information content (AvgIpc) is 2.97. The topological polar surface area (TPSA) is 91.1 Å². The van der Waals surface area contributed by atoms with Crippen molar-refractivity contribution in [1.29, 1.82) is 0 Å². The van der Waals surface area contributed by atoms with Gasteiger partial charge in [0.05, 0.1) is 12.1 Å². The first-order chi connectivity index (χ1) is 11.1. The molecular formula is C17H15N3O3. The predicted molar refractivity (Wildman–Crippen MR) is 88.0 cm³/mol. The fourth-order valence-corrected chi connectivity index (χ4v) is 2.34. The minimum Gasteiger partial charge on any atom is -0.481 e. The van der Waals surface area contributed by atoms with E-state index in [-0.39, 0.29) is 24.8 Å². The van der Waals surface area contributed by atoms with E-state index >= 15 is 0 Å². The standard InChI is InChI=1S/C17H15N3O3/c21-15(8-9-16(22)23)18-12-5-3-4-11(10-12)17-19-13-6-1-2-7-14(13)20-17/h1-7,10,13H,8-9H2,(H,18,21)(H,22,23). The molecule has 1 heterocycles. The summed E-state index contributed by atoms with van der Waals surface area (Å²) in [5, 5.41) is 11.3. The van der Waals surface area contributed by atoms with Gasteiger partial charge in [-0.15, -0.1) is 0 Å². The SMILES string of the molecule is O=C(O)CCC(=O)Nc1cccc(C2=NC3C=CC=CC3=N2)c1. The number of fused-ring (bicyclic) bond motifs is 1. The number of nitrogens with one attached hydrogen (secondary N) is 1. The maximum Gasteiger partial charge on any atom is 0.303 e. The summed E-state index contributed by atoms with van der Waals surface area (Å²) >= 11 is 0. The predicted octanol–water partition coefficient (Wildman–Crippen LogP) is 2.19. The van der Waals surface area contributed by atoms with Crippen molar-refractivity contribution >= 4 is 29.1 Å². The molecule has 6 nitrogen and oxygen atoms in total. The van der Waals surface area contributed by atoms with E-state index in [1.807, 2.05) is 30.4 Å². The Kier molecular flexibility index (Phi) is 4.14. The maximum absolute atomic E-state index is 11.7. The number of hydrogen-bond donors (Lipinski definition) is 2. The zero-order valence-corrected chi connectivity index (χ0v) is 12.3. The molecule has 6 heteroatoms. The number of carboxylic acid groups (broad SMARTS) is 1. The summed E-state index contributed by atoms with van der Waals surface area (Å²) in [5.74, 6) is -0.694. The minimum atomic E-state index is -0.992. The number of rotatable bonds is 5. The summed E-state index contributed by atoms with van der Waals surface area (Å²) in [4.78, 5) is 31.2. The molecule has 23 heavy (non-hydrogen) atoms. The Morgan fingerprint density at radius 2 is 2.09 bits per heavy atom. The van der Waals surface area contributed by atoms with Gasteiger partial charge in [0.15, 0.2) is 5.84 Å². The van der Waals surface area contributed by atoms with Gasteiger partial charge in [0.1, 0.15) is 6.04 Å². The van der Waals surface area contributed by atoms with Gasteiger partial charge in [-0.2, -0.15) is 0 Å². The molecule has 0 spiro atoms. The highest BCUT2D eigenvalue weighted by Crippen LogP contribution is 2.19. The smallest absolute Gasteiger partial charge is 0.303 e. The molecule has 1 aliphatic carbocycles. The summed E-state index contributed by atoms with van der Waals surface area (Å²) in [6.45, 7) is 0. The van der Waals surface area contributed by atoms with Crippen molar-refractivity contribution in [2.24, 2.45) is 9.98 Å². The molecular weight excluding hydrogens is 294 g/mol. The second-order valence-electron chi connectivity index (χ2n) is 5.20. The van der Waals surface area contributed by atoms with Crippen LogP contribution in [0.5, 0.6) is 0 Å². The molecule has 2 aliphatic rings. The van der Waals surface area contributed by atoms with Gasteiger partial charge < -0.3 is 10.4 Å². The van der Waals surface area contributed by atoms with Gasteiger partial charge in [0.25, 0.3) is 0 Å². The Bertz CT molecular complexity index is 775. The third-order valence-corrected chi connectivity index (χ3v) is 3.44. The normalized spacial score (nSPS) is 18.2. The molecule has 1 aliphatic heterocycles. The first kappa shape index (κ1) is 14.9. The Morgan fingerprint density at radius 3 is 2.87 bits per heavy atom. The number of allylic oxidation sites excluding steroid dienone is 2. The summed E-state index contributed by atoms with van der Waals surface area (Å²) in [6, 6.07) is 7.17. The molecule has 0 saturated heterocycles. The maximum atomic E-state index is 11.7. The van der Waals surface area contributed by atoms with E-state index in [1.165, 1.54) is 0 Å². The van der Waals surface area contributed by atoms with Crippen molar-refractivity contribution in [1.82, 2.24) is 0 Å². The van der Waals surface area contributed by atoms with Crippen LogP contribution in [-0.2, 0) is 9.59 Å². The number of aliphatic carboxylic acids is 1. The fraction of sp³-hybridized carbons (Fsp3) is 0.176. The molecule has 1 atom stereocenters. The van der Waals surface area contributed by atoms with E-state index in [0.29, 0.717) is 11.5 Å². The monoisotopic (exact) mass is 309 g/mol. The van der Waals surface area contributed by atoms with Crippen LogP contribution in [0.15, 0.2) is 58.6 Å². The quantitative estimate of drug-likeness (QED) is 0.873. The van der Waals surface area contributed by atoms with Crippen molar-refractivity contribution in [2.45, 2.75) is 18.9 Å². The molecule has 0 radical (unpaired) electrons. The summed E-state index contributed by atoms with van der Waals surface area (Å²) in [6.07, 6.45) is 7.52. The van der Waals surface area contributed by atoms with E-state index < -0.39 is 5.97 Å². The number of hydrogen-bond acceptors (Lipinski definition) is 4. The molecule has 1 unspecified atom stereocenters. The molecule has 0 saturated carbocycles. The van der Waals surface area contributed by atoms with Gasteiger partial charge in [-0.3, -0.25) is 14.6 Å². The first-order valence-corrected chi connectivity index (χ1v) is 7.25. The lowest BCUT2D eigenvalue weighted by Crippen LogP contribution is -2.13. The molecule has 1 amide bonds. The number of benzene rings is 1. The molecule has 0 aromatic heterocycles. The van der Waals surface area contributed by atoms with Crippen LogP contribution in [-0.4, -0.2) is 34.6 Å². The van der Waals surface area contributed by atoms with Gasteiger partial charge in [-0.25, -0.2) is 4.99 Å². The largest absolute Gasteiger partial charge is 0.481 e. The second-order valence-corrected chi connectivity index (χ2v) is 5.20. The number of anilines is 1. The summed E-state index contributed by atoms with van der Waals surface area (Å²) in [5.41, 5.74) is 2.31. The van der Waals surface area contributed by atoms with E-state index in [2.05, 4.69) is 15.3 Å². The Balaban J connectivity index is 1.72. The van der Waals surface area contributed by atoms with Crippen LogP contribution in [0.1, 0.15) is 18.4 Å². The molecule has 0 bridgehead atoms. The number of carbonyl (C=O) groups is 2. The lowest BCUT2D eigenvalue weighted by atomic mass is 10.1. The third kappa shape index (κ3) is 3.60. The Hall–Kier alpha value is -3.02. The molecule has 1 aromatic carbocycles. The van der Waals surface area contributed by atoms with Crippen molar-refractivity contribution in [3.63, 3.8) is 0 Å². The van der Waals surface area contributed by atoms with Crippen molar-refractivity contribution in [3.8, 4) is 0 Å². The molecule has 0 fully saturated rings. The number of aliphatic imine (C=N–C) groups is 2. The van der Waals surface area contributed by atoms with Crippen molar-refractivity contribution in [2.75, 3.05) is 5.32 Å². The van der Waals surface area contributed by atoms with E-state index in [9.17, 15) is 9.59 Å². The summed E-state index contributed by atoms with van der Waals surface area (Å²) < 4.78 is 0. The van der Waals surface area contributed by atoms with Crippen LogP contribution in [0.25, 0.3) is 0 Å². The van der Waals surface area contributed by atoms with Crippen LogP contribution in [0.3, 0.4) is 0 Å². The highest BCUT2D eigenvalue weighted by Gasteiger charge is 2.20.